The Morgan fingerprint density at radius 1 is 1.33 bits per heavy atom. The predicted octanol–water partition coefficient (Wildman–Crippen LogP) is 2.05. The summed E-state index contributed by atoms with van der Waals surface area (Å²) in [6.07, 6.45) is 0.812. The van der Waals surface area contributed by atoms with Gasteiger partial charge in [0, 0.05) is 10.7 Å². The Balaban J connectivity index is 1.89. The fraction of sp³-hybridized carbons (Fsp3) is 0.364. The molecule has 15 heavy (non-hydrogen) atoms. The summed E-state index contributed by atoms with van der Waals surface area (Å²) in [7, 11) is 0. The molecule has 1 aromatic carbocycles. The number of hydrogen-bond donors (Lipinski definition) is 0. The number of nitrogens with zero attached hydrogens (tertiary/aromatic N) is 1. The van der Waals surface area contributed by atoms with Gasteiger partial charge in [0.25, 0.3) is 0 Å². The van der Waals surface area contributed by atoms with Crippen LogP contribution < -0.4 is 4.90 Å². The van der Waals surface area contributed by atoms with Crippen LogP contribution in [0.3, 0.4) is 0 Å². The number of anilines is 1. The Kier molecular flexibility index (Phi) is 1.97. The van der Waals surface area contributed by atoms with Crippen molar-refractivity contribution in [2.75, 3.05) is 11.5 Å². The highest BCUT2D eigenvalue weighted by Gasteiger charge is 2.51. The second-order valence-electron chi connectivity index (χ2n) is 3.84. The number of amides is 1. The number of hydrogen-bond acceptors (Lipinski definition) is 2. The molecule has 78 valence electrons. The van der Waals surface area contributed by atoms with Gasteiger partial charge in [-0.2, -0.15) is 0 Å². The van der Waals surface area contributed by atoms with Crippen LogP contribution >= 0.6 is 11.6 Å². The first kappa shape index (κ1) is 9.19. The molecule has 3 rings (SSSR count). The standard InChI is InChI=1S/C11H10ClNO2/c12-7-1-3-8(4-2-7)13-10(14)9-5-6-15-11(9)13/h1-4,9,11H,5-6H2. The first-order valence-electron chi connectivity index (χ1n) is 4.97. The first-order valence-corrected chi connectivity index (χ1v) is 5.35. The number of halogens is 1. The molecule has 2 saturated heterocycles. The van der Waals surface area contributed by atoms with Crippen molar-refractivity contribution in [2.24, 2.45) is 5.92 Å². The number of benzene rings is 1. The van der Waals surface area contributed by atoms with Gasteiger partial charge in [0.15, 0.2) is 0 Å². The zero-order valence-electron chi connectivity index (χ0n) is 8.02. The summed E-state index contributed by atoms with van der Waals surface area (Å²) < 4.78 is 5.49. The van der Waals surface area contributed by atoms with E-state index in [2.05, 4.69) is 0 Å². The molecular formula is C11H10ClNO2. The molecule has 2 heterocycles. The lowest BCUT2D eigenvalue weighted by atomic mass is 9.94. The summed E-state index contributed by atoms with van der Waals surface area (Å²) >= 11 is 5.79. The largest absolute Gasteiger partial charge is 0.357 e. The fourth-order valence-electron chi connectivity index (χ4n) is 2.17. The van der Waals surface area contributed by atoms with Crippen LogP contribution in [0.5, 0.6) is 0 Å². The highest BCUT2D eigenvalue weighted by Crippen LogP contribution is 2.39. The molecule has 0 bridgehead atoms. The number of carbonyl (C=O) groups is 1. The minimum absolute atomic E-state index is 0.0429. The Labute approximate surface area is 92.6 Å². The second kappa shape index (κ2) is 3.22. The van der Waals surface area contributed by atoms with Crippen LogP contribution in [-0.2, 0) is 9.53 Å². The summed E-state index contributed by atoms with van der Waals surface area (Å²) in [6.45, 7) is 0.686. The van der Waals surface area contributed by atoms with Gasteiger partial charge in [0.2, 0.25) is 5.91 Å². The van der Waals surface area contributed by atoms with Gasteiger partial charge in [-0.15, -0.1) is 0 Å². The van der Waals surface area contributed by atoms with Crippen molar-refractivity contribution >= 4 is 23.2 Å². The summed E-state index contributed by atoms with van der Waals surface area (Å²) in [6, 6.07) is 7.26. The van der Waals surface area contributed by atoms with Gasteiger partial charge in [-0.05, 0) is 30.7 Å². The third-order valence-corrected chi connectivity index (χ3v) is 3.23. The smallest absolute Gasteiger partial charge is 0.236 e. The molecule has 4 heteroatoms. The van der Waals surface area contributed by atoms with Crippen LogP contribution in [0, 0.1) is 5.92 Å². The van der Waals surface area contributed by atoms with Crippen molar-refractivity contribution in [3.05, 3.63) is 29.3 Å². The number of β-lactam (4-membered cyclic amide) rings is 1. The Hall–Kier alpha value is -1.06. The average Bonchev–Trinajstić information content (AvgIpc) is 2.65. The number of fused-ring (bicyclic) bond motifs is 1. The highest BCUT2D eigenvalue weighted by molar-refractivity contribution is 6.30. The monoisotopic (exact) mass is 223 g/mol. The van der Waals surface area contributed by atoms with Gasteiger partial charge in [0.05, 0.1) is 12.5 Å². The molecule has 2 aliphatic heterocycles. The topological polar surface area (TPSA) is 29.5 Å². The lowest BCUT2D eigenvalue weighted by molar-refractivity contribution is -0.135. The maximum atomic E-state index is 11.7. The molecule has 2 atom stereocenters. The second-order valence-corrected chi connectivity index (χ2v) is 4.28. The molecule has 0 aromatic heterocycles. The predicted molar refractivity (Wildman–Crippen MR) is 56.8 cm³/mol. The lowest BCUT2D eigenvalue weighted by Gasteiger charge is -2.41. The highest BCUT2D eigenvalue weighted by atomic mass is 35.5. The summed E-state index contributed by atoms with van der Waals surface area (Å²) in [5, 5.41) is 0.676. The van der Waals surface area contributed by atoms with Crippen LogP contribution in [0.1, 0.15) is 6.42 Å². The number of rotatable bonds is 1. The molecule has 0 aliphatic carbocycles. The third-order valence-electron chi connectivity index (χ3n) is 2.98. The van der Waals surface area contributed by atoms with Gasteiger partial charge in [-0.3, -0.25) is 9.69 Å². The van der Waals surface area contributed by atoms with E-state index in [1.807, 2.05) is 12.1 Å². The minimum Gasteiger partial charge on any atom is -0.357 e. The van der Waals surface area contributed by atoms with Gasteiger partial charge < -0.3 is 4.74 Å². The average molecular weight is 224 g/mol. The summed E-state index contributed by atoms with van der Waals surface area (Å²) in [5.41, 5.74) is 0.868. The molecule has 2 fully saturated rings. The van der Waals surface area contributed by atoms with Crippen molar-refractivity contribution in [2.45, 2.75) is 12.6 Å². The van der Waals surface area contributed by atoms with Crippen molar-refractivity contribution in [1.29, 1.82) is 0 Å². The van der Waals surface area contributed by atoms with Crippen LogP contribution in [0.2, 0.25) is 5.02 Å². The molecule has 1 amide bonds. The van der Waals surface area contributed by atoms with Gasteiger partial charge in [-0.25, -0.2) is 0 Å². The first-order chi connectivity index (χ1) is 7.27. The molecule has 2 unspecified atom stereocenters. The number of carbonyl (C=O) groups excluding carboxylic acids is 1. The van der Waals surface area contributed by atoms with E-state index in [4.69, 9.17) is 16.3 Å². The molecular weight excluding hydrogens is 214 g/mol. The SMILES string of the molecule is O=C1C2CCOC2N1c1ccc(Cl)cc1. The van der Waals surface area contributed by atoms with Crippen LogP contribution in [-0.4, -0.2) is 18.7 Å². The van der Waals surface area contributed by atoms with E-state index in [0.717, 1.165) is 12.1 Å². The Morgan fingerprint density at radius 3 is 2.80 bits per heavy atom. The minimum atomic E-state index is -0.0429. The maximum Gasteiger partial charge on any atom is 0.236 e. The summed E-state index contributed by atoms with van der Waals surface area (Å²) in [5.74, 6) is 0.250. The zero-order chi connectivity index (χ0) is 10.4. The van der Waals surface area contributed by atoms with Crippen molar-refractivity contribution in [3.63, 3.8) is 0 Å². The van der Waals surface area contributed by atoms with Gasteiger partial charge in [0.1, 0.15) is 6.23 Å². The lowest BCUT2D eigenvalue weighted by Crippen LogP contribution is -2.59. The van der Waals surface area contributed by atoms with E-state index in [1.165, 1.54) is 0 Å². The maximum absolute atomic E-state index is 11.7. The van der Waals surface area contributed by atoms with Crippen molar-refractivity contribution in [3.8, 4) is 0 Å². The van der Waals surface area contributed by atoms with E-state index < -0.39 is 0 Å². The third kappa shape index (κ3) is 1.27. The van der Waals surface area contributed by atoms with E-state index >= 15 is 0 Å². The van der Waals surface area contributed by atoms with Crippen molar-refractivity contribution in [1.82, 2.24) is 0 Å². The molecule has 0 radical (unpaired) electrons. The Morgan fingerprint density at radius 2 is 2.07 bits per heavy atom. The quantitative estimate of drug-likeness (QED) is 0.682. The van der Waals surface area contributed by atoms with Crippen LogP contribution in [0.4, 0.5) is 5.69 Å². The van der Waals surface area contributed by atoms with E-state index in [-0.39, 0.29) is 18.1 Å². The number of ether oxygens (including phenoxy) is 1. The molecule has 3 nitrogen and oxygen atoms in total. The Bertz CT molecular complexity index is 404. The fourth-order valence-corrected chi connectivity index (χ4v) is 2.30. The summed E-state index contributed by atoms with van der Waals surface area (Å²) in [4.78, 5) is 13.4. The van der Waals surface area contributed by atoms with E-state index in [9.17, 15) is 4.79 Å². The molecule has 0 saturated carbocycles. The van der Waals surface area contributed by atoms with E-state index in [0.29, 0.717) is 11.6 Å². The van der Waals surface area contributed by atoms with Gasteiger partial charge in [-0.1, -0.05) is 11.6 Å². The molecule has 0 N–H and O–H groups in total. The molecule has 2 aliphatic rings. The van der Waals surface area contributed by atoms with Gasteiger partial charge >= 0.3 is 0 Å². The van der Waals surface area contributed by atoms with E-state index in [1.54, 1.807) is 17.0 Å². The molecule has 0 spiro atoms. The normalized spacial score (nSPS) is 28.9. The van der Waals surface area contributed by atoms with Crippen LogP contribution in [0.15, 0.2) is 24.3 Å². The molecule has 1 aromatic rings. The zero-order valence-corrected chi connectivity index (χ0v) is 8.78. The van der Waals surface area contributed by atoms with Crippen molar-refractivity contribution < 1.29 is 9.53 Å². The van der Waals surface area contributed by atoms with Crippen LogP contribution in [0.25, 0.3) is 0 Å².